The number of nitrogens with zero attached hydrogens (tertiary/aromatic N) is 1. The minimum Gasteiger partial charge on any atom is -0.479 e. The maximum atomic E-state index is 13.4. The van der Waals surface area contributed by atoms with Crippen molar-refractivity contribution in [3.05, 3.63) is 59.7 Å². The average Bonchev–Trinajstić information content (AvgIpc) is 3.58. The van der Waals surface area contributed by atoms with Crippen molar-refractivity contribution in [2.45, 2.75) is 43.6 Å². The van der Waals surface area contributed by atoms with Gasteiger partial charge in [-0.25, -0.2) is 9.59 Å². The Labute approximate surface area is 203 Å². The van der Waals surface area contributed by atoms with Crippen molar-refractivity contribution in [1.82, 2.24) is 10.2 Å². The zero-order chi connectivity index (χ0) is 24.6. The first-order chi connectivity index (χ1) is 16.8. The lowest BCUT2D eigenvalue weighted by atomic mass is 9.84. The van der Waals surface area contributed by atoms with Crippen molar-refractivity contribution in [3.8, 4) is 11.1 Å². The number of carboxylic acid groups (broad SMARTS) is 1. The number of fused-ring (bicyclic) bond motifs is 3. The largest absolute Gasteiger partial charge is 0.479 e. The minimum atomic E-state index is -1.91. The van der Waals surface area contributed by atoms with Gasteiger partial charge in [0, 0.05) is 25.4 Å². The number of aliphatic carboxylic acids is 1. The van der Waals surface area contributed by atoms with E-state index in [1.54, 1.807) is 0 Å². The molecule has 8 nitrogen and oxygen atoms in total. The van der Waals surface area contributed by atoms with Crippen LogP contribution in [0.1, 0.15) is 49.1 Å². The van der Waals surface area contributed by atoms with E-state index in [9.17, 15) is 24.6 Å². The number of carbonyl (C=O) groups excluding carboxylic acids is 2. The van der Waals surface area contributed by atoms with Gasteiger partial charge in [0.15, 0.2) is 5.60 Å². The van der Waals surface area contributed by atoms with Gasteiger partial charge in [-0.05, 0) is 35.1 Å². The van der Waals surface area contributed by atoms with Crippen LogP contribution in [-0.2, 0) is 14.3 Å². The molecule has 1 saturated carbocycles. The molecule has 2 aliphatic carbocycles. The van der Waals surface area contributed by atoms with Gasteiger partial charge in [-0.15, -0.1) is 0 Å². The molecule has 1 unspecified atom stereocenters. The maximum absolute atomic E-state index is 13.4. The summed E-state index contributed by atoms with van der Waals surface area (Å²) in [5, 5.41) is 22.3. The Morgan fingerprint density at radius 2 is 1.57 bits per heavy atom. The third kappa shape index (κ3) is 4.16. The molecule has 2 aromatic rings. The summed E-state index contributed by atoms with van der Waals surface area (Å²) in [4.78, 5) is 38.9. The molecule has 8 heteroatoms. The van der Waals surface area contributed by atoms with Crippen molar-refractivity contribution in [1.29, 1.82) is 0 Å². The minimum absolute atomic E-state index is 0.00393. The first kappa shape index (κ1) is 23.4. The third-order valence-electron chi connectivity index (χ3n) is 7.86. The molecule has 1 atom stereocenters. The van der Waals surface area contributed by atoms with Gasteiger partial charge >= 0.3 is 12.1 Å². The van der Waals surface area contributed by atoms with Crippen LogP contribution in [0.4, 0.5) is 4.79 Å². The van der Waals surface area contributed by atoms with Crippen molar-refractivity contribution < 1.29 is 29.3 Å². The predicted octanol–water partition coefficient (Wildman–Crippen LogP) is 3.13. The number of hydrogen-bond acceptors (Lipinski definition) is 5. The predicted molar refractivity (Wildman–Crippen MR) is 128 cm³/mol. The molecule has 1 aliphatic heterocycles. The lowest BCUT2D eigenvalue weighted by Crippen LogP contribution is -2.50. The van der Waals surface area contributed by atoms with Crippen molar-refractivity contribution in [2.75, 3.05) is 26.2 Å². The fourth-order valence-electron chi connectivity index (χ4n) is 5.89. The lowest BCUT2D eigenvalue weighted by Gasteiger charge is -2.32. The number of ether oxygens (including phenoxy) is 1. The molecule has 2 aromatic carbocycles. The highest BCUT2D eigenvalue weighted by Crippen LogP contribution is 2.44. The zero-order valence-electron chi connectivity index (χ0n) is 19.5. The van der Waals surface area contributed by atoms with E-state index in [-0.39, 0.29) is 44.5 Å². The van der Waals surface area contributed by atoms with Crippen molar-refractivity contribution in [2.24, 2.45) is 5.41 Å². The van der Waals surface area contributed by atoms with E-state index in [4.69, 9.17) is 4.74 Å². The zero-order valence-corrected chi connectivity index (χ0v) is 19.5. The van der Waals surface area contributed by atoms with Gasteiger partial charge in [0.25, 0.3) is 0 Å². The molecular formula is C27H30N2O6. The first-order valence-corrected chi connectivity index (χ1v) is 12.2. The van der Waals surface area contributed by atoms with Gasteiger partial charge in [0.2, 0.25) is 5.91 Å². The van der Waals surface area contributed by atoms with Gasteiger partial charge in [-0.3, -0.25) is 4.79 Å². The number of β-amino-alcohol motifs (C(OH)–C–C–N with tert-alkyl or cyclic N) is 1. The number of likely N-dealkylation sites (tertiary alicyclic amines) is 1. The van der Waals surface area contributed by atoms with E-state index in [0.29, 0.717) is 12.8 Å². The maximum Gasteiger partial charge on any atom is 0.407 e. The third-order valence-corrected chi connectivity index (χ3v) is 7.86. The van der Waals surface area contributed by atoms with Crippen molar-refractivity contribution in [3.63, 3.8) is 0 Å². The van der Waals surface area contributed by atoms with Gasteiger partial charge in [0.05, 0.1) is 12.0 Å². The number of carbonyl (C=O) groups is 3. The van der Waals surface area contributed by atoms with Crippen LogP contribution in [0.2, 0.25) is 0 Å². The average molecular weight is 479 g/mol. The van der Waals surface area contributed by atoms with Gasteiger partial charge in [-0.1, -0.05) is 61.4 Å². The van der Waals surface area contributed by atoms with Crippen LogP contribution in [-0.4, -0.2) is 64.9 Å². The van der Waals surface area contributed by atoms with Gasteiger partial charge in [0.1, 0.15) is 6.61 Å². The second kappa shape index (κ2) is 9.00. The summed E-state index contributed by atoms with van der Waals surface area (Å²) in [7, 11) is 0. The molecule has 3 N–H and O–H groups in total. The number of alkyl carbamates (subject to hydrolysis) is 1. The Morgan fingerprint density at radius 3 is 2.14 bits per heavy atom. The van der Waals surface area contributed by atoms with E-state index in [2.05, 4.69) is 29.6 Å². The van der Waals surface area contributed by atoms with Crippen LogP contribution >= 0.6 is 0 Å². The standard InChI is InChI=1S/C27H30N2O6/c30-23(29-14-13-27(34,17-29)24(31)32)26(11-5-6-12-26)16-28-25(33)35-15-22-20-9-3-1-7-18(20)19-8-2-4-10-21(19)22/h1-4,7-10,22,34H,5-6,11-17H2,(H,28,33)(H,31,32). The Hall–Kier alpha value is -3.39. The number of amides is 2. The summed E-state index contributed by atoms with van der Waals surface area (Å²) < 4.78 is 5.62. The van der Waals surface area contributed by atoms with Crippen molar-refractivity contribution >= 4 is 18.0 Å². The molecule has 3 aliphatic rings. The Kier molecular flexibility index (Phi) is 6.01. The molecule has 0 aromatic heterocycles. The summed E-state index contributed by atoms with van der Waals surface area (Å²) in [6, 6.07) is 16.2. The quantitative estimate of drug-likeness (QED) is 0.588. The van der Waals surface area contributed by atoms with E-state index < -0.39 is 23.1 Å². The van der Waals surface area contributed by atoms with E-state index in [0.717, 1.165) is 35.1 Å². The summed E-state index contributed by atoms with van der Waals surface area (Å²) in [5.74, 6) is -1.57. The molecule has 35 heavy (non-hydrogen) atoms. The monoisotopic (exact) mass is 478 g/mol. The molecule has 1 heterocycles. The molecule has 0 spiro atoms. The van der Waals surface area contributed by atoms with Gasteiger partial charge in [-0.2, -0.15) is 0 Å². The molecule has 0 radical (unpaired) electrons. The Morgan fingerprint density at radius 1 is 0.971 bits per heavy atom. The second-order valence-electron chi connectivity index (χ2n) is 9.98. The smallest absolute Gasteiger partial charge is 0.407 e. The summed E-state index contributed by atoms with van der Waals surface area (Å²) >= 11 is 0. The number of carboxylic acids is 1. The second-order valence-corrected chi connectivity index (χ2v) is 9.98. The number of nitrogens with one attached hydrogen (secondary N) is 1. The fourth-order valence-corrected chi connectivity index (χ4v) is 5.89. The molecule has 2 fully saturated rings. The van der Waals surface area contributed by atoms with Crippen LogP contribution in [0.25, 0.3) is 11.1 Å². The topological polar surface area (TPSA) is 116 Å². The van der Waals surface area contributed by atoms with Crippen LogP contribution in [0.15, 0.2) is 48.5 Å². The summed E-state index contributed by atoms with van der Waals surface area (Å²) in [5.41, 5.74) is 1.86. The number of rotatable bonds is 6. The highest BCUT2D eigenvalue weighted by Gasteiger charge is 2.50. The molecule has 2 amide bonds. The molecule has 1 saturated heterocycles. The highest BCUT2D eigenvalue weighted by atomic mass is 16.5. The lowest BCUT2D eigenvalue weighted by molar-refractivity contribution is -0.158. The summed E-state index contributed by atoms with van der Waals surface area (Å²) in [6.07, 6.45) is 2.36. The van der Waals surface area contributed by atoms with Crippen LogP contribution in [0, 0.1) is 5.41 Å². The Balaban J connectivity index is 1.22. The molecular weight excluding hydrogens is 448 g/mol. The Bertz CT molecular complexity index is 1110. The first-order valence-electron chi connectivity index (χ1n) is 12.2. The van der Waals surface area contributed by atoms with Gasteiger partial charge < -0.3 is 25.2 Å². The number of aliphatic hydroxyl groups is 1. The van der Waals surface area contributed by atoms with E-state index >= 15 is 0 Å². The van der Waals surface area contributed by atoms with Crippen LogP contribution in [0.3, 0.4) is 0 Å². The summed E-state index contributed by atoms with van der Waals surface area (Å²) in [6.45, 7) is 0.283. The number of benzene rings is 2. The van der Waals surface area contributed by atoms with Crippen LogP contribution in [0.5, 0.6) is 0 Å². The molecule has 184 valence electrons. The van der Waals surface area contributed by atoms with E-state index in [1.807, 2.05) is 24.3 Å². The normalized spacial score (nSPS) is 22.5. The number of hydrogen-bond donors (Lipinski definition) is 3. The fraction of sp³-hybridized carbons (Fsp3) is 0.444. The highest BCUT2D eigenvalue weighted by molar-refractivity contribution is 5.86. The SMILES string of the molecule is O=C(NCC1(C(=O)N2CCC(O)(C(=O)O)C2)CCCC1)OCC1c2ccccc2-c2ccccc21. The van der Waals surface area contributed by atoms with E-state index in [1.165, 1.54) is 4.90 Å². The van der Waals surface area contributed by atoms with Crippen LogP contribution < -0.4 is 5.32 Å². The molecule has 5 rings (SSSR count). The molecule has 0 bridgehead atoms.